The van der Waals surface area contributed by atoms with Crippen molar-refractivity contribution in [3.63, 3.8) is 0 Å². The fraction of sp³-hybridized carbons (Fsp3) is 0.0833. The summed E-state index contributed by atoms with van der Waals surface area (Å²) in [5.74, 6) is -2.09. The minimum absolute atomic E-state index is 0.0415. The Labute approximate surface area is 230 Å². The number of carboxylic acids is 1. The van der Waals surface area contributed by atoms with Crippen LogP contribution >= 0.6 is 39.1 Å². The molecule has 1 amide bonds. The number of aliphatic carboxylic acids is 1. The average molecular weight is 624 g/mol. The summed E-state index contributed by atoms with van der Waals surface area (Å²) in [4.78, 5) is 33.1. The second-order valence-corrected chi connectivity index (χ2v) is 11.1. The molecule has 37 heavy (non-hydrogen) atoms. The molecule has 1 aromatic heterocycles. The van der Waals surface area contributed by atoms with Gasteiger partial charge in [-0.15, -0.1) is 0 Å². The van der Waals surface area contributed by atoms with Gasteiger partial charge < -0.3 is 10.4 Å². The van der Waals surface area contributed by atoms with Crippen LogP contribution in [0.15, 0.2) is 76.4 Å². The SMILES string of the molecule is O=C(N[C@@H](Cc1ccc(Cl)c(Br)c1)C(=O)O)c1ccc(Cl)cc1NS(=O)(=O)c1cccc2nccnc12. The van der Waals surface area contributed by atoms with Crippen LogP contribution in [0.25, 0.3) is 11.0 Å². The van der Waals surface area contributed by atoms with Gasteiger partial charge in [-0.05, 0) is 64.0 Å². The zero-order valence-electron chi connectivity index (χ0n) is 18.7. The first-order valence-corrected chi connectivity index (χ1v) is 13.6. The summed E-state index contributed by atoms with van der Waals surface area (Å²) in [5.41, 5.74) is 0.864. The van der Waals surface area contributed by atoms with Crippen molar-refractivity contribution in [2.24, 2.45) is 0 Å². The van der Waals surface area contributed by atoms with Crippen LogP contribution in [-0.4, -0.2) is 41.4 Å². The molecule has 0 aliphatic heterocycles. The molecule has 1 heterocycles. The molecule has 3 aromatic carbocycles. The van der Waals surface area contributed by atoms with Gasteiger partial charge in [0.15, 0.2) is 0 Å². The van der Waals surface area contributed by atoms with E-state index in [-0.39, 0.29) is 33.1 Å². The largest absolute Gasteiger partial charge is 0.480 e. The maximum absolute atomic E-state index is 13.3. The number of anilines is 1. The Hall–Kier alpha value is -3.25. The summed E-state index contributed by atoms with van der Waals surface area (Å²) >= 11 is 15.4. The number of sulfonamides is 1. The standard InChI is InChI=1S/C24H17BrCl2N4O5S/c25-16-10-13(4-7-17(16)27)11-20(24(33)34)30-23(32)15-6-5-14(26)12-19(15)31-37(35,36)21-3-1-2-18-22(21)29-9-8-28-18/h1-10,12,20,31H,11H2,(H,30,32)(H,33,34)/t20-/m0/s1. The minimum atomic E-state index is -4.24. The van der Waals surface area contributed by atoms with Gasteiger partial charge in [-0.2, -0.15) is 0 Å². The van der Waals surface area contributed by atoms with Crippen molar-refractivity contribution in [3.8, 4) is 0 Å². The molecule has 0 saturated heterocycles. The first kappa shape index (κ1) is 26.8. The zero-order valence-corrected chi connectivity index (χ0v) is 22.6. The summed E-state index contributed by atoms with van der Waals surface area (Å²) < 4.78 is 29.5. The van der Waals surface area contributed by atoms with Gasteiger partial charge in [0.1, 0.15) is 16.5 Å². The van der Waals surface area contributed by atoms with Gasteiger partial charge in [0.2, 0.25) is 0 Å². The molecule has 9 nitrogen and oxygen atoms in total. The second-order valence-electron chi connectivity index (χ2n) is 7.79. The highest BCUT2D eigenvalue weighted by Crippen LogP contribution is 2.27. The Kier molecular flexibility index (Phi) is 7.98. The van der Waals surface area contributed by atoms with Crippen molar-refractivity contribution in [1.29, 1.82) is 0 Å². The highest BCUT2D eigenvalue weighted by molar-refractivity contribution is 9.10. The third-order valence-electron chi connectivity index (χ3n) is 5.25. The summed E-state index contributed by atoms with van der Waals surface area (Å²) in [7, 11) is -4.24. The molecular formula is C24H17BrCl2N4O5S. The first-order chi connectivity index (χ1) is 17.5. The smallest absolute Gasteiger partial charge is 0.326 e. The van der Waals surface area contributed by atoms with E-state index in [0.717, 1.165) is 0 Å². The maximum atomic E-state index is 13.3. The van der Waals surface area contributed by atoms with E-state index in [1.54, 1.807) is 24.3 Å². The molecule has 190 valence electrons. The van der Waals surface area contributed by atoms with E-state index in [0.29, 0.717) is 20.6 Å². The van der Waals surface area contributed by atoms with E-state index >= 15 is 0 Å². The summed E-state index contributed by atoms with van der Waals surface area (Å²) in [5, 5.41) is 12.8. The summed E-state index contributed by atoms with van der Waals surface area (Å²) in [6.07, 6.45) is 2.76. The lowest BCUT2D eigenvalue weighted by atomic mass is 10.1. The number of halogens is 3. The van der Waals surface area contributed by atoms with Gasteiger partial charge >= 0.3 is 5.97 Å². The van der Waals surface area contributed by atoms with Crippen molar-refractivity contribution in [2.45, 2.75) is 17.4 Å². The van der Waals surface area contributed by atoms with Crippen molar-refractivity contribution in [3.05, 3.63) is 92.6 Å². The van der Waals surface area contributed by atoms with Crippen LogP contribution in [0.1, 0.15) is 15.9 Å². The molecule has 0 radical (unpaired) electrons. The van der Waals surface area contributed by atoms with E-state index < -0.39 is 27.9 Å². The third kappa shape index (κ3) is 6.19. The van der Waals surface area contributed by atoms with Crippen LogP contribution < -0.4 is 10.0 Å². The van der Waals surface area contributed by atoms with Crippen LogP contribution in [0.5, 0.6) is 0 Å². The molecule has 1 atom stereocenters. The number of rotatable bonds is 8. The molecule has 13 heteroatoms. The number of carbonyl (C=O) groups excluding carboxylic acids is 1. The number of fused-ring (bicyclic) bond motifs is 1. The fourth-order valence-corrected chi connectivity index (χ4v) is 5.47. The fourth-order valence-electron chi connectivity index (χ4n) is 3.52. The van der Waals surface area contributed by atoms with Crippen LogP contribution in [0.4, 0.5) is 5.69 Å². The van der Waals surface area contributed by atoms with Gasteiger partial charge in [-0.25, -0.2) is 13.2 Å². The predicted octanol–water partition coefficient (Wildman–Crippen LogP) is 4.93. The molecule has 3 N–H and O–H groups in total. The van der Waals surface area contributed by atoms with E-state index in [9.17, 15) is 23.1 Å². The Balaban J connectivity index is 1.63. The highest BCUT2D eigenvalue weighted by Gasteiger charge is 2.26. The number of carbonyl (C=O) groups is 2. The molecule has 0 bridgehead atoms. The van der Waals surface area contributed by atoms with Gasteiger partial charge in [-0.1, -0.05) is 35.3 Å². The summed E-state index contributed by atoms with van der Waals surface area (Å²) in [6.45, 7) is 0. The van der Waals surface area contributed by atoms with Gasteiger partial charge in [0, 0.05) is 28.3 Å². The number of hydrogen-bond acceptors (Lipinski definition) is 6. The Morgan fingerprint density at radius 2 is 1.78 bits per heavy atom. The number of amides is 1. The molecule has 0 aliphatic carbocycles. The van der Waals surface area contributed by atoms with E-state index in [1.165, 1.54) is 42.7 Å². The number of para-hydroxylation sites is 1. The van der Waals surface area contributed by atoms with Crippen LogP contribution in [0.2, 0.25) is 10.0 Å². The van der Waals surface area contributed by atoms with Crippen molar-refractivity contribution < 1.29 is 23.1 Å². The quantitative estimate of drug-likeness (QED) is 0.253. The van der Waals surface area contributed by atoms with Crippen LogP contribution in [-0.2, 0) is 21.2 Å². The van der Waals surface area contributed by atoms with Crippen LogP contribution in [0, 0.1) is 0 Å². The molecule has 0 saturated carbocycles. The lowest BCUT2D eigenvalue weighted by Crippen LogP contribution is -2.42. The first-order valence-electron chi connectivity index (χ1n) is 10.5. The molecule has 0 spiro atoms. The summed E-state index contributed by atoms with van der Waals surface area (Å²) in [6, 6.07) is 12.0. The molecule has 0 unspecified atom stereocenters. The number of benzene rings is 3. The van der Waals surface area contributed by atoms with Gasteiger partial charge in [0.05, 0.1) is 21.8 Å². The molecule has 0 fully saturated rings. The lowest BCUT2D eigenvalue weighted by Gasteiger charge is -2.18. The van der Waals surface area contributed by atoms with Crippen molar-refractivity contribution in [2.75, 3.05) is 4.72 Å². The third-order valence-corrected chi connectivity index (χ3v) is 8.10. The number of aromatic nitrogens is 2. The lowest BCUT2D eigenvalue weighted by molar-refractivity contribution is -0.139. The number of hydrogen-bond donors (Lipinski definition) is 3. The highest BCUT2D eigenvalue weighted by atomic mass is 79.9. The molecule has 4 rings (SSSR count). The second kappa shape index (κ2) is 11.0. The molecule has 0 aliphatic rings. The zero-order chi connectivity index (χ0) is 26.7. The van der Waals surface area contributed by atoms with Crippen molar-refractivity contribution >= 4 is 77.8 Å². The van der Waals surface area contributed by atoms with Crippen LogP contribution in [0.3, 0.4) is 0 Å². The van der Waals surface area contributed by atoms with E-state index in [1.807, 2.05) is 0 Å². The molecular weight excluding hydrogens is 607 g/mol. The predicted molar refractivity (Wildman–Crippen MR) is 144 cm³/mol. The van der Waals surface area contributed by atoms with Crippen molar-refractivity contribution in [1.82, 2.24) is 15.3 Å². The topological polar surface area (TPSA) is 138 Å². The minimum Gasteiger partial charge on any atom is -0.480 e. The number of nitrogens with zero attached hydrogens (tertiary/aromatic N) is 2. The van der Waals surface area contributed by atoms with Gasteiger partial charge in [-0.3, -0.25) is 19.5 Å². The number of carboxylic acid groups (broad SMARTS) is 1. The van der Waals surface area contributed by atoms with E-state index in [2.05, 4.69) is 35.9 Å². The molecule has 4 aromatic rings. The Morgan fingerprint density at radius 3 is 2.51 bits per heavy atom. The Bertz CT molecular complexity index is 1630. The normalized spacial score (nSPS) is 12.2. The van der Waals surface area contributed by atoms with Gasteiger partial charge in [0.25, 0.3) is 15.9 Å². The van der Waals surface area contributed by atoms with E-state index in [4.69, 9.17) is 23.2 Å². The maximum Gasteiger partial charge on any atom is 0.326 e. The average Bonchev–Trinajstić information content (AvgIpc) is 2.85. The Morgan fingerprint density at radius 1 is 1.03 bits per heavy atom. The number of nitrogens with one attached hydrogen (secondary N) is 2. The monoisotopic (exact) mass is 622 g/mol.